The van der Waals surface area contributed by atoms with Crippen molar-refractivity contribution in [1.29, 1.82) is 0 Å². The topological polar surface area (TPSA) is 65.7 Å². The predicted octanol–water partition coefficient (Wildman–Crippen LogP) is 1.47. The highest BCUT2D eigenvalue weighted by atomic mass is 16.5. The lowest BCUT2D eigenvalue weighted by atomic mass is 10.0. The lowest BCUT2D eigenvalue weighted by Gasteiger charge is -2.37. The number of nitrogens with zero attached hydrogens (tertiary/aromatic N) is 5. The van der Waals surface area contributed by atoms with Gasteiger partial charge in [-0.25, -0.2) is 0 Å². The summed E-state index contributed by atoms with van der Waals surface area (Å²) in [5.41, 5.74) is 0. The summed E-state index contributed by atoms with van der Waals surface area (Å²) in [5.74, 6) is 2.41. The molecule has 0 spiro atoms. The van der Waals surface area contributed by atoms with Crippen LogP contribution >= 0.6 is 0 Å². The molecule has 3 heterocycles. The second kappa shape index (κ2) is 7.41. The second-order valence-corrected chi connectivity index (χ2v) is 7.86. The summed E-state index contributed by atoms with van der Waals surface area (Å²) < 4.78 is 5.37. The highest BCUT2D eigenvalue weighted by molar-refractivity contribution is 5.78. The van der Waals surface area contributed by atoms with Crippen molar-refractivity contribution >= 4 is 5.91 Å². The number of rotatable bonds is 6. The minimum absolute atomic E-state index is 0.282. The predicted molar refractivity (Wildman–Crippen MR) is 93.0 cm³/mol. The van der Waals surface area contributed by atoms with Crippen LogP contribution in [0.4, 0.5) is 0 Å². The highest BCUT2D eigenvalue weighted by Crippen LogP contribution is 2.38. The van der Waals surface area contributed by atoms with Gasteiger partial charge in [-0.2, -0.15) is 4.98 Å². The third kappa shape index (κ3) is 4.20. The van der Waals surface area contributed by atoms with Crippen LogP contribution in [-0.4, -0.2) is 76.6 Å². The number of carbonyl (C=O) groups excluding carboxylic acids is 1. The molecule has 1 aromatic rings. The van der Waals surface area contributed by atoms with Gasteiger partial charge in [0.1, 0.15) is 0 Å². The molecule has 2 aliphatic heterocycles. The van der Waals surface area contributed by atoms with E-state index in [1.54, 1.807) is 0 Å². The SMILES string of the molecule is CN(CC(=O)N1CCCC1)[C@H]1CCCN(Cc2noc(C3CC3)n2)C1. The van der Waals surface area contributed by atoms with E-state index in [-0.39, 0.29) is 5.91 Å². The molecule has 2 saturated heterocycles. The normalized spacial score (nSPS) is 25.0. The number of likely N-dealkylation sites (N-methyl/N-ethyl adjacent to an activating group) is 1. The minimum Gasteiger partial charge on any atom is -0.342 e. The lowest BCUT2D eigenvalue weighted by Crippen LogP contribution is -2.49. The number of hydrogen-bond donors (Lipinski definition) is 0. The van der Waals surface area contributed by atoms with Crippen molar-refractivity contribution in [3.63, 3.8) is 0 Å². The maximum absolute atomic E-state index is 12.4. The summed E-state index contributed by atoms with van der Waals surface area (Å²) in [6.45, 7) is 5.19. The van der Waals surface area contributed by atoms with Crippen molar-refractivity contribution in [1.82, 2.24) is 24.8 Å². The summed E-state index contributed by atoms with van der Waals surface area (Å²) in [6.07, 6.45) is 6.98. The van der Waals surface area contributed by atoms with E-state index in [9.17, 15) is 4.79 Å². The van der Waals surface area contributed by atoms with Crippen LogP contribution in [0.2, 0.25) is 0 Å². The quantitative estimate of drug-likeness (QED) is 0.776. The van der Waals surface area contributed by atoms with Crippen LogP contribution in [0, 0.1) is 0 Å². The Morgan fingerprint density at radius 3 is 2.76 bits per heavy atom. The van der Waals surface area contributed by atoms with Gasteiger partial charge < -0.3 is 9.42 Å². The van der Waals surface area contributed by atoms with Gasteiger partial charge in [-0.15, -0.1) is 0 Å². The first-order valence-electron chi connectivity index (χ1n) is 9.72. The Morgan fingerprint density at radius 2 is 2.00 bits per heavy atom. The molecule has 4 rings (SSSR count). The summed E-state index contributed by atoms with van der Waals surface area (Å²) in [4.78, 5) is 23.6. The molecule has 3 aliphatic rings. The van der Waals surface area contributed by atoms with Crippen LogP contribution in [0.15, 0.2) is 4.52 Å². The van der Waals surface area contributed by atoms with E-state index in [4.69, 9.17) is 4.52 Å². The monoisotopic (exact) mass is 347 g/mol. The zero-order valence-electron chi connectivity index (χ0n) is 15.2. The van der Waals surface area contributed by atoms with Gasteiger partial charge in [0.2, 0.25) is 11.8 Å². The molecule has 0 aromatic carbocycles. The first kappa shape index (κ1) is 17.0. The summed E-state index contributed by atoms with van der Waals surface area (Å²) >= 11 is 0. The fraction of sp³-hybridized carbons (Fsp3) is 0.833. The van der Waals surface area contributed by atoms with Gasteiger partial charge in [0.05, 0.1) is 13.1 Å². The van der Waals surface area contributed by atoms with Crippen LogP contribution in [0.5, 0.6) is 0 Å². The fourth-order valence-corrected chi connectivity index (χ4v) is 3.97. The number of hydrogen-bond acceptors (Lipinski definition) is 6. The Kier molecular flexibility index (Phi) is 5.03. The summed E-state index contributed by atoms with van der Waals surface area (Å²) in [5, 5.41) is 4.14. The number of piperidine rings is 1. The van der Waals surface area contributed by atoms with Crippen LogP contribution in [0.1, 0.15) is 56.2 Å². The Balaban J connectivity index is 1.28. The van der Waals surface area contributed by atoms with Gasteiger partial charge >= 0.3 is 0 Å². The standard InChI is InChI=1S/C18H29N5O2/c1-21(13-17(24)23-9-2-3-10-23)15-5-4-8-22(11-15)12-16-19-18(25-20-16)14-6-7-14/h14-15H,2-13H2,1H3/t15-/m0/s1. The molecular formula is C18H29N5O2. The van der Waals surface area contributed by atoms with Crippen LogP contribution in [0.3, 0.4) is 0 Å². The maximum atomic E-state index is 12.4. The van der Waals surface area contributed by atoms with Gasteiger partial charge in [-0.05, 0) is 52.1 Å². The van der Waals surface area contributed by atoms with Gasteiger partial charge in [-0.3, -0.25) is 14.6 Å². The largest absolute Gasteiger partial charge is 0.342 e. The van der Waals surface area contributed by atoms with E-state index in [2.05, 4.69) is 27.0 Å². The average molecular weight is 347 g/mol. The molecule has 7 nitrogen and oxygen atoms in total. The molecular weight excluding hydrogens is 318 g/mol. The molecule has 0 N–H and O–H groups in total. The van der Waals surface area contributed by atoms with E-state index in [0.29, 0.717) is 18.5 Å². The molecule has 1 saturated carbocycles. The van der Waals surface area contributed by atoms with Crippen molar-refractivity contribution in [3.8, 4) is 0 Å². The van der Waals surface area contributed by atoms with E-state index in [0.717, 1.165) is 70.1 Å². The molecule has 1 aliphatic carbocycles. The Morgan fingerprint density at radius 1 is 1.20 bits per heavy atom. The Labute approximate surface area is 149 Å². The number of likely N-dealkylation sites (tertiary alicyclic amines) is 2. The van der Waals surface area contributed by atoms with Gasteiger partial charge in [0.25, 0.3) is 0 Å². The average Bonchev–Trinajstić information content (AvgIpc) is 3.11. The molecule has 0 unspecified atom stereocenters. The minimum atomic E-state index is 0.282. The van der Waals surface area contributed by atoms with Gasteiger partial charge in [0.15, 0.2) is 5.82 Å². The molecule has 25 heavy (non-hydrogen) atoms. The number of amides is 1. The lowest BCUT2D eigenvalue weighted by molar-refractivity contribution is -0.131. The molecule has 1 aromatic heterocycles. The molecule has 0 radical (unpaired) electrons. The van der Waals surface area contributed by atoms with Gasteiger partial charge in [0, 0.05) is 31.6 Å². The summed E-state index contributed by atoms with van der Waals surface area (Å²) in [6, 6.07) is 0.426. The molecule has 1 amide bonds. The van der Waals surface area contributed by atoms with Crippen molar-refractivity contribution in [2.24, 2.45) is 0 Å². The molecule has 7 heteroatoms. The highest BCUT2D eigenvalue weighted by Gasteiger charge is 2.31. The first-order chi connectivity index (χ1) is 12.2. The number of aromatic nitrogens is 2. The smallest absolute Gasteiger partial charge is 0.236 e. The molecule has 138 valence electrons. The first-order valence-corrected chi connectivity index (χ1v) is 9.72. The zero-order valence-corrected chi connectivity index (χ0v) is 15.2. The van der Waals surface area contributed by atoms with Crippen molar-refractivity contribution in [2.45, 2.75) is 57.0 Å². The molecule has 3 fully saturated rings. The third-order valence-corrected chi connectivity index (χ3v) is 5.72. The fourth-order valence-electron chi connectivity index (χ4n) is 3.97. The van der Waals surface area contributed by atoms with Gasteiger partial charge in [-0.1, -0.05) is 5.16 Å². The Bertz CT molecular complexity index is 594. The second-order valence-electron chi connectivity index (χ2n) is 7.86. The summed E-state index contributed by atoms with van der Waals surface area (Å²) in [7, 11) is 2.09. The molecule has 1 atom stereocenters. The third-order valence-electron chi connectivity index (χ3n) is 5.72. The van der Waals surface area contributed by atoms with Crippen LogP contribution in [-0.2, 0) is 11.3 Å². The van der Waals surface area contributed by atoms with Crippen LogP contribution in [0.25, 0.3) is 0 Å². The van der Waals surface area contributed by atoms with Crippen LogP contribution < -0.4 is 0 Å². The maximum Gasteiger partial charge on any atom is 0.236 e. The van der Waals surface area contributed by atoms with E-state index >= 15 is 0 Å². The van der Waals surface area contributed by atoms with Crippen molar-refractivity contribution in [2.75, 3.05) is 39.8 Å². The zero-order chi connectivity index (χ0) is 17.2. The van der Waals surface area contributed by atoms with Crippen molar-refractivity contribution < 1.29 is 9.32 Å². The van der Waals surface area contributed by atoms with Crippen molar-refractivity contribution in [3.05, 3.63) is 11.7 Å². The Hall–Kier alpha value is -1.47. The van der Waals surface area contributed by atoms with E-state index in [1.165, 1.54) is 12.8 Å². The number of carbonyl (C=O) groups is 1. The van der Waals surface area contributed by atoms with E-state index < -0.39 is 0 Å². The molecule has 0 bridgehead atoms. The van der Waals surface area contributed by atoms with E-state index in [1.807, 2.05) is 4.90 Å².